The topological polar surface area (TPSA) is 56.6 Å². The first-order valence-corrected chi connectivity index (χ1v) is 12.2. The molecule has 4 nitrogen and oxygen atoms in total. The molecular formula is C26H30N2O2S. The van der Waals surface area contributed by atoms with E-state index < -0.39 is 6.29 Å². The lowest BCUT2D eigenvalue weighted by atomic mass is 9.84. The van der Waals surface area contributed by atoms with E-state index in [1.54, 1.807) is 0 Å². The van der Waals surface area contributed by atoms with Gasteiger partial charge in [-0.1, -0.05) is 48.5 Å². The Labute approximate surface area is 188 Å². The first-order valence-electron chi connectivity index (χ1n) is 11.3. The highest BCUT2D eigenvalue weighted by molar-refractivity contribution is 7.15. The van der Waals surface area contributed by atoms with Gasteiger partial charge in [-0.05, 0) is 49.3 Å². The maximum Gasteiger partial charge on any atom is 0.154 e. The Bertz CT molecular complexity index is 1040. The van der Waals surface area contributed by atoms with Crippen LogP contribution in [0.1, 0.15) is 41.8 Å². The predicted octanol–water partition coefficient (Wildman–Crippen LogP) is 5.01. The van der Waals surface area contributed by atoms with Gasteiger partial charge < -0.3 is 10.2 Å². The molecule has 0 radical (unpaired) electrons. The summed E-state index contributed by atoms with van der Waals surface area (Å²) in [5, 5.41) is 20.1. The molecular weight excluding hydrogens is 404 g/mol. The number of hydrogen-bond acceptors (Lipinski definition) is 5. The third-order valence-electron chi connectivity index (χ3n) is 7.09. The predicted molar refractivity (Wildman–Crippen MR) is 126 cm³/mol. The number of aliphatic hydroxyl groups excluding tert-OH is 1. The van der Waals surface area contributed by atoms with Crippen LogP contribution in [0, 0.1) is 12.8 Å². The van der Waals surface area contributed by atoms with Crippen molar-refractivity contribution in [1.82, 2.24) is 9.88 Å². The average molecular weight is 435 g/mol. The van der Waals surface area contributed by atoms with E-state index in [1.165, 1.54) is 32.8 Å². The summed E-state index contributed by atoms with van der Waals surface area (Å²) in [5.41, 5.74) is 6.32. The highest BCUT2D eigenvalue weighted by Gasteiger charge is 2.31. The van der Waals surface area contributed by atoms with E-state index in [-0.39, 0.29) is 5.92 Å². The lowest BCUT2D eigenvalue weighted by molar-refractivity contribution is -0.0977. The molecule has 2 aromatic carbocycles. The zero-order valence-electron chi connectivity index (χ0n) is 18.0. The number of fused-ring (bicyclic) bond motifs is 1. The summed E-state index contributed by atoms with van der Waals surface area (Å²) in [4.78, 5) is 9.05. The van der Waals surface area contributed by atoms with Crippen LogP contribution in [0.2, 0.25) is 0 Å². The fourth-order valence-electron chi connectivity index (χ4n) is 5.20. The van der Waals surface area contributed by atoms with E-state index in [0.29, 0.717) is 6.04 Å². The minimum atomic E-state index is -1.16. The Morgan fingerprint density at radius 3 is 2.45 bits per heavy atom. The summed E-state index contributed by atoms with van der Waals surface area (Å²) in [5.74, 6) is 0.0477. The molecule has 1 fully saturated rings. The summed E-state index contributed by atoms with van der Waals surface area (Å²) >= 11 is 1.85. The lowest BCUT2D eigenvalue weighted by Crippen LogP contribution is -2.42. The smallest absolute Gasteiger partial charge is 0.154 e. The number of nitrogens with zero attached hydrogens (tertiary/aromatic N) is 2. The van der Waals surface area contributed by atoms with Crippen LogP contribution < -0.4 is 0 Å². The Kier molecular flexibility index (Phi) is 5.93. The third kappa shape index (κ3) is 4.20. The van der Waals surface area contributed by atoms with Gasteiger partial charge in [0.15, 0.2) is 6.29 Å². The van der Waals surface area contributed by atoms with Crippen molar-refractivity contribution in [2.45, 2.75) is 57.9 Å². The van der Waals surface area contributed by atoms with Gasteiger partial charge in [0.2, 0.25) is 0 Å². The van der Waals surface area contributed by atoms with Crippen molar-refractivity contribution in [1.29, 1.82) is 0 Å². The Hall–Kier alpha value is -2.05. The molecule has 0 bridgehead atoms. The lowest BCUT2D eigenvalue weighted by Gasteiger charge is -2.38. The van der Waals surface area contributed by atoms with Crippen LogP contribution in [0.4, 0.5) is 0 Å². The van der Waals surface area contributed by atoms with E-state index in [0.717, 1.165) is 50.2 Å². The molecule has 5 heteroatoms. The summed E-state index contributed by atoms with van der Waals surface area (Å²) in [6.07, 6.45) is 3.78. The molecule has 0 spiro atoms. The van der Waals surface area contributed by atoms with Crippen molar-refractivity contribution in [2.24, 2.45) is 5.92 Å². The molecule has 2 N–H and O–H groups in total. The van der Waals surface area contributed by atoms with Crippen molar-refractivity contribution in [3.05, 3.63) is 64.7 Å². The molecule has 3 aromatic rings. The minimum absolute atomic E-state index is 0.0477. The SMILES string of the molecule is Cc1c(-c2ccccc2)cccc1-c1nc2c(s1)CN(C1CCC(C(O)O)CC1)CC2. The van der Waals surface area contributed by atoms with E-state index in [9.17, 15) is 10.2 Å². The summed E-state index contributed by atoms with van der Waals surface area (Å²) in [6, 6.07) is 17.7. The van der Waals surface area contributed by atoms with Crippen molar-refractivity contribution >= 4 is 11.3 Å². The minimum Gasteiger partial charge on any atom is -0.368 e. The molecule has 1 saturated carbocycles. The second-order valence-electron chi connectivity index (χ2n) is 8.94. The molecule has 1 aromatic heterocycles. The second kappa shape index (κ2) is 8.83. The van der Waals surface area contributed by atoms with Crippen LogP contribution in [0.5, 0.6) is 0 Å². The van der Waals surface area contributed by atoms with Gasteiger partial charge in [-0.2, -0.15) is 0 Å². The monoisotopic (exact) mass is 434 g/mol. The summed E-state index contributed by atoms with van der Waals surface area (Å²) in [7, 11) is 0. The fourth-order valence-corrected chi connectivity index (χ4v) is 6.42. The zero-order valence-corrected chi connectivity index (χ0v) is 18.8. The van der Waals surface area contributed by atoms with Gasteiger partial charge >= 0.3 is 0 Å². The van der Waals surface area contributed by atoms with E-state index in [2.05, 4.69) is 60.4 Å². The summed E-state index contributed by atoms with van der Waals surface area (Å²) in [6.45, 7) is 4.23. The number of rotatable bonds is 4. The Balaban J connectivity index is 1.35. The van der Waals surface area contributed by atoms with Crippen molar-refractivity contribution in [3.8, 4) is 21.7 Å². The van der Waals surface area contributed by atoms with Gasteiger partial charge in [-0.15, -0.1) is 11.3 Å². The van der Waals surface area contributed by atoms with Crippen molar-refractivity contribution < 1.29 is 10.2 Å². The van der Waals surface area contributed by atoms with E-state index >= 15 is 0 Å². The van der Waals surface area contributed by atoms with Gasteiger partial charge in [0.25, 0.3) is 0 Å². The molecule has 0 unspecified atom stereocenters. The van der Waals surface area contributed by atoms with Crippen LogP contribution in [-0.4, -0.2) is 39.0 Å². The number of hydrogen-bond donors (Lipinski definition) is 2. The Morgan fingerprint density at radius 1 is 0.968 bits per heavy atom. The molecule has 1 aliphatic carbocycles. The van der Waals surface area contributed by atoms with Gasteiger partial charge in [0.05, 0.1) is 5.69 Å². The van der Waals surface area contributed by atoms with Crippen LogP contribution in [0.25, 0.3) is 21.7 Å². The number of aromatic nitrogens is 1. The van der Waals surface area contributed by atoms with E-state index in [4.69, 9.17) is 4.98 Å². The normalized spacial score (nSPS) is 21.9. The highest BCUT2D eigenvalue weighted by Crippen LogP contribution is 2.38. The molecule has 2 heterocycles. The van der Waals surface area contributed by atoms with Crippen LogP contribution in [0.15, 0.2) is 48.5 Å². The molecule has 0 amide bonds. The van der Waals surface area contributed by atoms with Gasteiger partial charge in [-0.3, -0.25) is 4.90 Å². The first-order chi connectivity index (χ1) is 15.1. The van der Waals surface area contributed by atoms with Crippen LogP contribution in [0.3, 0.4) is 0 Å². The van der Waals surface area contributed by atoms with Gasteiger partial charge in [-0.25, -0.2) is 4.98 Å². The standard InChI is InChI=1S/C26H30N2O2S/c1-17-21(18-6-3-2-4-7-18)8-5-9-22(17)25-27-23-14-15-28(16-24(23)31-25)20-12-10-19(11-13-20)26(29)30/h2-9,19-20,26,29-30H,10-16H2,1H3. The van der Waals surface area contributed by atoms with Gasteiger partial charge in [0, 0.05) is 41.9 Å². The van der Waals surface area contributed by atoms with Crippen molar-refractivity contribution in [3.63, 3.8) is 0 Å². The maximum atomic E-state index is 9.46. The van der Waals surface area contributed by atoms with Crippen LogP contribution >= 0.6 is 11.3 Å². The largest absolute Gasteiger partial charge is 0.368 e. The molecule has 162 valence electrons. The molecule has 2 aliphatic rings. The molecule has 0 saturated heterocycles. The molecule has 0 atom stereocenters. The average Bonchev–Trinajstić information content (AvgIpc) is 3.23. The van der Waals surface area contributed by atoms with Gasteiger partial charge in [0.1, 0.15) is 5.01 Å². The number of benzene rings is 2. The quantitative estimate of drug-likeness (QED) is 0.567. The molecule has 5 rings (SSSR count). The zero-order chi connectivity index (χ0) is 21.4. The Morgan fingerprint density at radius 2 is 1.71 bits per heavy atom. The van der Waals surface area contributed by atoms with Crippen LogP contribution in [-0.2, 0) is 13.0 Å². The van der Waals surface area contributed by atoms with E-state index in [1.807, 2.05) is 11.3 Å². The first kappa shape index (κ1) is 20.8. The molecule has 1 aliphatic heterocycles. The number of thiazole rings is 1. The fraction of sp³-hybridized carbons (Fsp3) is 0.423. The molecule has 31 heavy (non-hydrogen) atoms. The van der Waals surface area contributed by atoms with Crippen molar-refractivity contribution in [2.75, 3.05) is 6.54 Å². The number of aliphatic hydroxyl groups is 2. The second-order valence-corrected chi connectivity index (χ2v) is 10.0. The maximum absolute atomic E-state index is 9.46. The third-order valence-corrected chi connectivity index (χ3v) is 8.20. The highest BCUT2D eigenvalue weighted by atomic mass is 32.1. The summed E-state index contributed by atoms with van der Waals surface area (Å²) < 4.78 is 0.